The van der Waals surface area contributed by atoms with Crippen molar-refractivity contribution in [2.24, 2.45) is 5.92 Å². The van der Waals surface area contributed by atoms with E-state index in [1.165, 1.54) is 199 Å². The number of aliphatic hydroxyl groups is 1. The molecule has 3 N–H and O–H groups in total. The Morgan fingerprint density at radius 2 is 0.527 bits per heavy atom. The van der Waals surface area contributed by atoms with Crippen LogP contribution in [0.4, 0.5) is 0 Å². The number of esters is 4. The second kappa shape index (κ2) is 65.4. The van der Waals surface area contributed by atoms with E-state index in [0.29, 0.717) is 25.7 Å². The van der Waals surface area contributed by atoms with E-state index in [9.17, 15) is 43.2 Å². The van der Waals surface area contributed by atoms with Gasteiger partial charge < -0.3 is 33.8 Å². The molecule has 0 spiro atoms. The van der Waals surface area contributed by atoms with Gasteiger partial charge in [-0.25, -0.2) is 9.13 Å². The molecular weight excluding hydrogens is 1200 g/mol. The Hall–Kier alpha value is -1.94. The summed E-state index contributed by atoms with van der Waals surface area (Å²) in [5.74, 6) is -1.27. The third-order valence-electron chi connectivity index (χ3n) is 17.1. The number of hydrogen-bond donors (Lipinski definition) is 3. The molecule has 0 aromatic carbocycles. The first-order chi connectivity index (χ1) is 44.1. The molecule has 0 aliphatic heterocycles. The molecule has 0 bridgehead atoms. The minimum Gasteiger partial charge on any atom is -0.462 e. The Kier molecular flexibility index (Phi) is 64.0. The summed E-state index contributed by atoms with van der Waals surface area (Å²) in [4.78, 5) is 72.6. The van der Waals surface area contributed by atoms with Crippen molar-refractivity contribution in [1.29, 1.82) is 0 Å². The maximum Gasteiger partial charge on any atom is 0.472 e. The Balaban J connectivity index is 5.22. The van der Waals surface area contributed by atoms with Crippen LogP contribution >= 0.6 is 15.6 Å². The average Bonchev–Trinajstić information content (AvgIpc) is 3.22. The molecule has 0 rings (SSSR count). The lowest BCUT2D eigenvalue weighted by molar-refractivity contribution is -0.161. The molecule has 0 aromatic heterocycles. The zero-order chi connectivity index (χ0) is 67.0. The monoisotopic (exact) mass is 1340 g/mol. The zero-order valence-corrected chi connectivity index (χ0v) is 60.8. The van der Waals surface area contributed by atoms with Gasteiger partial charge in [-0.2, -0.15) is 0 Å². The van der Waals surface area contributed by atoms with E-state index in [4.69, 9.17) is 37.0 Å². The van der Waals surface area contributed by atoms with Crippen LogP contribution in [-0.4, -0.2) is 96.7 Å². The molecule has 0 aliphatic rings. The quantitative estimate of drug-likeness (QED) is 0.0222. The van der Waals surface area contributed by atoms with Crippen molar-refractivity contribution >= 4 is 39.5 Å². The van der Waals surface area contributed by atoms with E-state index in [1.807, 2.05) is 0 Å². The number of aliphatic hydroxyl groups excluding tert-OH is 1. The molecular formula is C72H140O17P2. The van der Waals surface area contributed by atoms with Crippen molar-refractivity contribution in [2.45, 2.75) is 393 Å². The lowest BCUT2D eigenvalue weighted by atomic mass is 9.99. The van der Waals surface area contributed by atoms with Crippen LogP contribution in [0.5, 0.6) is 0 Å². The summed E-state index contributed by atoms with van der Waals surface area (Å²) in [6.45, 7) is 7.30. The summed E-state index contributed by atoms with van der Waals surface area (Å²) in [7, 11) is -9.90. The number of phosphoric ester groups is 2. The number of rotatable bonds is 72. The Morgan fingerprint density at radius 1 is 0.308 bits per heavy atom. The zero-order valence-electron chi connectivity index (χ0n) is 59.0. The second-order valence-corrected chi connectivity index (χ2v) is 29.1. The van der Waals surface area contributed by atoms with Gasteiger partial charge in [0.2, 0.25) is 0 Å². The van der Waals surface area contributed by atoms with E-state index >= 15 is 0 Å². The van der Waals surface area contributed by atoms with Gasteiger partial charge in [0.15, 0.2) is 12.2 Å². The van der Waals surface area contributed by atoms with Gasteiger partial charge in [0.25, 0.3) is 0 Å². The fourth-order valence-electron chi connectivity index (χ4n) is 11.0. The van der Waals surface area contributed by atoms with Crippen molar-refractivity contribution in [3.05, 3.63) is 0 Å². The lowest BCUT2D eigenvalue weighted by Gasteiger charge is -2.21. The standard InChI is InChI=1S/C72H140O17P2/c1-6-10-13-16-19-22-24-27-32-36-41-46-51-56-70(75)83-62-68(89-72(77)58-53-48-43-38-33-29-26-25-28-31-35-39-44-49-54-65(5)9-4)64-87-91(80,81)85-60-66(73)59-84-90(78,79)86-63-67(61-82-69(74)55-50-45-40-34-21-18-15-12-8-3)88-71(76)57-52-47-42-37-30-23-20-17-14-11-7-2/h65-68,73H,6-64H2,1-5H3,(H,78,79)(H,80,81)/t65?,66-,67+,68+/m0/s1. The molecule has 19 heteroatoms. The van der Waals surface area contributed by atoms with E-state index in [1.54, 1.807) is 0 Å². The topological polar surface area (TPSA) is 237 Å². The maximum atomic E-state index is 13.0. The minimum atomic E-state index is -4.95. The first-order valence-electron chi connectivity index (χ1n) is 37.7. The number of carbonyl (C=O) groups excluding carboxylic acids is 4. The third-order valence-corrected chi connectivity index (χ3v) is 19.0. The van der Waals surface area contributed by atoms with Gasteiger partial charge in [0, 0.05) is 25.7 Å². The molecule has 0 aliphatic carbocycles. The van der Waals surface area contributed by atoms with Crippen LogP contribution in [0.25, 0.3) is 0 Å². The predicted molar refractivity (Wildman–Crippen MR) is 368 cm³/mol. The van der Waals surface area contributed by atoms with E-state index < -0.39 is 97.5 Å². The van der Waals surface area contributed by atoms with E-state index in [-0.39, 0.29) is 25.7 Å². The molecule has 0 radical (unpaired) electrons. The van der Waals surface area contributed by atoms with Crippen LogP contribution in [0.2, 0.25) is 0 Å². The Morgan fingerprint density at radius 3 is 0.780 bits per heavy atom. The second-order valence-electron chi connectivity index (χ2n) is 26.2. The molecule has 3 unspecified atom stereocenters. The van der Waals surface area contributed by atoms with Crippen molar-refractivity contribution in [3.63, 3.8) is 0 Å². The minimum absolute atomic E-state index is 0.107. The van der Waals surface area contributed by atoms with Gasteiger partial charge in [0.05, 0.1) is 26.4 Å². The fourth-order valence-corrected chi connectivity index (χ4v) is 12.5. The first-order valence-corrected chi connectivity index (χ1v) is 40.7. The van der Waals surface area contributed by atoms with Crippen LogP contribution in [0, 0.1) is 5.92 Å². The average molecular weight is 1340 g/mol. The smallest absolute Gasteiger partial charge is 0.462 e. The highest BCUT2D eigenvalue weighted by atomic mass is 31.2. The summed E-state index contributed by atoms with van der Waals surface area (Å²) in [6.07, 6.45) is 52.5. The third kappa shape index (κ3) is 65.1. The Labute approximate surface area is 556 Å². The van der Waals surface area contributed by atoms with Crippen molar-refractivity contribution in [3.8, 4) is 0 Å². The number of carbonyl (C=O) groups is 4. The molecule has 0 fully saturated rings. The molecule has 0 heterocycles. The highest BCUT2D eigenvalue weighted by molar-refractivity contribution is 7.47. The van der Waals surface area contributed by atoms with Crippen LogP contribution < -0.4 is 0 Å². The van der Waals surface area contributed by atoms with Crippen LogP contribution in [0.15, 0.2) is 0 Å². The SMILES string of the molecule is CCCCCCCCCCCCCCCC(=O)OC[C@H](COP(=O)(O)OC[C@@H](O)COP(=O)(O)OC[C@@H](COC(=O)CCCCCCCCCCC)OC(=O)CCCCCCCCCCCCC)OC(=O)CCCCCCCCCCCCCCCCC(C)CC. The maximum absolute atomic E-state index is 13.0. The number of phosphoric acid groups is 2. The summed E-state index contributed by atoms with van der Waals surface area (Å²) < 4.78 is 68.3. The molecule has 91 heavy (non-hydrogen) atoms. The highest BCUT2D eigenvalue weighted by Gasteiger charge is 2.30. The summed E-state index contributed by atoms with van der Waals surface area (Å²) in [5, 5.41) is 10.6. The van der Waals surface area contributed by atoms with Crippen molar-refractivity contribution in [1.82, 2.24) is 0 Å². The molecule has 17 nitrogen and oxygen atoms in total. The van der Waals surface area contributed by atoms with Gasteiger partial charge in [-0.1, -0.05) is 324 Å². The molecule has 0 amide bonds. The predicted octanol–water partition coefficient (Wildman–Crippen LogP) is 20.9. The summed E-state index contributed by atoms with van der Waals surface area (Å²) in [5.41, 5.74) is 0. The molecule has 0 saturated carbocycles. The molecule has 540 valence electrons. The molecule has 6 atom stereocenters. The number of unbranched alkanes of at least 4 members (excludes halogenated alkanes) is 43. The van der Waals surface area contributed by atoms with Gasteiger partial charge in [-0.05, 0) is 31.6 Å². The van der Waals surface area contributed by atoms with Gasteiger partial charge >= 0.3 is 39.5 Å². The van der Waals surface area contributed by atoms with Gasteiger partial charge in [-0.3, -0.25) is 37.3 Å². The number of hydrogen-bond acceptors (Lipinski definition) is 15. The lowest BCUT2D eigenvalue weighted by Crippen LogP contribution is -2.30. The molecule has 0 aromatic rings. The van der Waals surface area contributed by atoms with Crippen LogP contribution in [0.3, 0.4) is 0 Å². The van der Waals surface area contributed by atoms with Gasteiger partial charge in [0.1, 0.15) is 19.3 Å². The summed E-state index contributed by atoms with van der Waals surface area (Å²) >= 11 is 0. The highest BCUT2D eigenvalue weighted by Crippen LogP contribution is 2.45. The largest absolute Gasteiger partial charge is 0.472 e. The first kappa shape index (κ1) is 89.1. The number of ether oxygens (including phenoxy) is 4. The normalized spacial score (nSPS) is 14.3. The van der Waals surface area contributed by atoms with Crippen LogP contribution in [-0.2, 0) is 65.4 Å². The van der Waals surface area contributed by atoms with Gasteiger partial charge in [-0.15, -0.1) is 0 Å². The molecule has 0 saturated heterocycles. The van der Waals surface area contributed by atoms with E-state index in [0.717, 1.165) is 95.8 Å². The Bertz CT molecular complexity index is 1760. The van der Waals surface area contributed by atoms with Crippen molar-refractivity contribution < 1.29 is 80.2 Å². The fraction of sp³-hybridized carbons (Fsp3) is 0.944. The van der Waals surface area contributed by atoms with Crippen LogP contribution in [0.1, 0.15) is 375 Å². The van der Waals surface area contributed by atoms with E-state index in [2.05, 4.69) is 34.6 Å². The summed E-state index contributed by atoms with van der Waals surface area (Å²) in [6, 6.07) is 0. The van der Waals surface area contributed by atoms with Crippen molar-refractivity contribution in [2.75, 3.05) is 39.6 Å².